The van der Waals surface area contributed by atoms with Gasteiger partial charge in [-0.15, -0.1) is 0 Å². The highest BCUT2D eigenvalue weighted by atomic mass is 19.1. The van der Waals surface area contributed by atoms with Crippen LogP contribution in [0.2, 0.25) is 0 Å². The Morgan fingerprint density at radius 2 is 1.70 bits per heavy atom. The molecule has 3 heteroatoms. The Morgan fingerprint density at radius 1 is 1.15 bits per heavy atom. The molecule has 1 saturated carbocycles. The number of hydrogen-bond acceptors (Lipinski definition) is 1. The minimum Gasteiger partial charge on any atom is -0.327 e. The first kappa shape index (κ1) is 15.4. The van der Waals surface area contributed by atoms with Gasteiger partial charge in [0.05, 0.1) is 0 Å². The smallest absolute Gasteiger partial charge is 0.129 e. The zero-order valence-corrected chi connectivity index (χ0v) is 12.5. The summed E-state index contributed by atoms with van der Waals surface area (Å²) in [5, 5.41) is 0. The van der Waals surface area contributed by atoms with Crippen LogP contribution in [0.5, 0.6) is 0 Å². The molecule has 112 valence electrons. The van der Waals surface area contributed by atoms with Gasteiger partial charge in [0.25, 0.3) is 0 Å². The number of nitrogens with two attached hydrogens (primary N) is 1. The van der Waals surface area contributed by atoms with Crippen LogP contribution in [0.25, 0.3) is 0 Å². The van der Waals surface area contributed by atoms with E-state index >= 15 is 0 Å². The molecule has 1 aliphatic rings. The molecule has 1 fully saturated rings. The predicted molar refractivity (Wildman–Crippen MR) is 78.4 cm³/mol. The fraction of sp³-hybridized carbons (Fsp3) is 0.647. The van der Waals surface area contributed by atoms with Crippen molar-refractivity contribution in [2.75, 3.05) is 0 Å². The van der Waals surface area contributed by atoms with Gasteiger partial charge in [-0.1, -0.05) is 32.8 Å². The molecule has 0 aliphatic heterocycles. The van der Waals surface area contributed by atoms with E-state index in [1.54, 1.807) is 0 Å². The second-order valence-corrected chi connectivity index (χ2v) is 6.68. The Balaban J connectivity index is 2.19. The molecule has 0 bridgehead atoms. The summed E-state index contributed by atoms with van der Waals surface area (Å²) in [6.45, 7) is 4.38. The lowest BCUT2D eigenvalue weighted by Gasteiger charge is -2.37. The van der Waals surface area contributed by atoms with Crippen LogP contribution >= 0.6 is 0 Å². The molecule has 0 saturated heterocycles. The highest BCUT2D eigenvalue weighted by molar-refractivity contribution is 5.21. The maximum absolute atomic E-state index is 13.8. The van der Waals surface area contributed by atoms with E-state index in [1.165, 1.54) is 31.0 Å². The highest BCUT2D eigenvalue weighted by Gasteiger charge is 2.40. The van der Waals surface area contributed by atoms with Crippen molar-refractivity contribution in [2.24, 2.45) is 17.1 Å². The first-order chi connectivity index (χ1) is 9.44. The standard InChI is InChI=1S/C17H25F2N/c1-12(2)11-17(8-3-4-9-17)16(20)10-13-14(18)6-5-7-15(13)19/h5-7,12,16H,3-4,8-11,20H2,1-2H3. The molecular weight excluding hydrogens is 256 g/mol. The monoisotopic (exact) mass is 281 g/mol. The number of rotatable bonds is 5. The first-order valence-corrected chi connectivity index (χ1v) is 7.63. The molecule has 1 unspecified atom stereocenters. The summed E-state index contributed by atoms with van der Waals surface area (Å²) in [5.41, 5.74) is 6.61. The Bertz CT molecular complexity index is 430. The van der Waals surface area contributed by atoms with E-state index in [0.29, 0.717) is 12.3 Å². The Labute approximate surface area is 120 Å². The van der Waals surface area contributed by atoms with E-state index in [-0.39, 0.29) is 17.0 Å². The van der Waals surface area contributed by atoms with Crippen molar-refractivity contribution >= 4 is 0 Å². The highest BCUT2D eigenvalue weighted by Crippen LogP contribution is 2.46. The molecule has 1 aromatic carbocycles. The largest absolute Gasteiger partial charge is 0.327 e. The Kier molecular flexibility index (Phi) is 4.79. The van der Waals surface area contributed by atoms with Crippen molar-refractivity contribution in [3.8, 4) is 0 Å². The van der Waals surface area contributed by atoms with E-state index in [1.807, 2.05) is 0 Å². The van der Waals surface area contributed by atoms with E-state index in [0.717, 1.165) is 19.3 Å². The summed E-state index contributed by atoms with van der Waals surface area (Å²) in [7, 11) is 0. The molecule has 0 aromatic heterocycles. The van der Waals surface area contributed by atoms with E-state index in [9.17, 15) is 8.78 Å². The van der Waals surface area contributed by atoms with Gasteiger partial charge in [-0.25, -0.2) is 8.78 Å². The van der Waals surface area contributed by atoms with E-state index in [2.05, 4.69) is 13.8 Å². The maximum atomic E-state index is 13.8. The van der Waals surface area contributed by atoms with Crippen LogP contribution in [0.1, 0.15) is 51.5 Å². The van der Waals surface area contributed by atoms with E-state index in [4.69, 9.17) is 5.73 Å². The summed E-state index contributed by atoms with van der Waals surface area (Å²) in [6.07, 6.45) is 5.88. The zero-order valence-electron chi connectivity index (χ0n) is 12.5. The SMILES string of the molecule is CC(C)CC1(C(N)Cc2c(F)cccc2F)CCCC1. The fourth-order valence-electron chi connectivity index (χ4n) is 3.78. The molecule has 20 heavy (non-hydrogen) atoms. The van der Waals surface area contributed by atoms with Gasteiger partial charge in [-0.2, -0.15) is 0 Å². The fourth-order valence-corrected chi connectivity index (χ4v) is 3.78. The molecule has 2 rings (SSSR count). The molecule has 0 amide bonds. The molecule has 0 heterocycles. The van der Waals surface area contributed by atoms with Gasteiger partial charge in [0.15, 0.2) is 0 Å². The van der Waals surface area contributed by atoms with Crippen molar-refractivity contribution in [2.45, 2.75) is 58.4 Å². The molecule has 1 aromatic rings. The summed E-state index contributed by atoms with van der Waals surface area (Å²) in [5.74, 6) is -0.388. The maximum Gasteiger partial charge on any atom is 0.129 e. The van der Waals surface area contributed by atoms with Crippen LogP contribution in [-0.2, 0) is 6.42 Å². The minimum atomic E-state index is -0.474. The Morgan fingerprint density at radius 3 is 2.20 bits per heavy atom. The van der Waals surface area contributed by atoms with Crippen LogP contribution in [-0.4, -0.2) is 6.04 Å². The van der Waals surface area contributed by atoms with Gasteiger partial charge >= 0.3 is 0 Å². The van der Waals surface area contributed by atoms with Crippen molar-refractivity contribution in [1.82, 2.24) is 0 Å². The molecule has 2 N–H and O–H groups in total. The van der Waals surface area contributed by atoms with Gasteiger partial charge in [-0.3, -0.25) is 0 Å². The second-order valence-electron chi connectivity index (χ2n) is 6.68. The number of hydrogen-bond donors (Lipinski definition) is 1. The summed E-state index contributed by atoms with van der Waals surface area (Å²) < 4.78 is 27.6. The first-order valence-electron chi connectivity index (χ1n) is 7.63. The summed E-state index contributed by atoms with van der Waals surface area (Å²) >= 11 is 0. The summed E-state index contributed by atoms with van der Waals surface area (Å²) in [6, 6.07) is 3.86. The van der Waals surface area contributed by atoms with Crippen LogP contribution in [0, 0.1) is 23.0 Å². The van der Waals surface area contributed by atoms with Crippen LogP contribution < -0.4 is 5.73 Å². The van der Waals surface area contributed by atoms with Crippen LogP contribution in [0.4, 0.5) is 8.78 Å². The van der Waals surface area contributed by atoms with Gasteiger partial charge in [0, 0.05) is 11.6 Å². The van der Waals surface area contributed by atoms with Crippen LogP contribution in [0.15, 0.2) is 18.2 Å². The lowest BCUT2D eigenvalue weighted by atomic mass is 9.71. The second kappa shape index (κ2) is 6.21. The average Bonchev–Trinajstić information content (AvgIpc) is 2.82. The molecule has 0 spiro atoms. The Hall–Kier alpha value is -0.960. The van der Waals surface area contributed by atoms with E-state index < -0.39 is 11.6 Å². The molecule has 1 aliphatic carbocycles. The molecule has 0 radical (unpaired) electrons. The molecular formula is C17H25F2N. The quantitative estimate of drug-likeness (QED) is 0.848. The van der Waals surface area contributed by atoms with Crippen molar-refractivity contribution in [3.63, 3.8) is 0 Å². The zero-order chi connectivity index (χ0) is 14.8. The molecule has 1 atom stereocenters. The third-order valence-electron chi connectivity index (χ3n) is 4.69. The third kappa shape index (κ3) is 3.20. The normalized spacial score (nSPS) is 19.5. The molecule has 1 nitrogen and oxygen atoms in total. The predicted octanol–water partition coefficient (Wildman–Crippen LogP) is 4.44. The van der Waals surface area contributed by atoms with Crippen molar-refractivity contribution in [3.05, 3.63) is 35.4 Å². The van der Waals surface area contributed by atoms with Crippen LogP contribution in [0.3, 0.4) is 0 Å². The van der Waals surface area contributed by atoms with Gasteiger partial charge in [-0.05, 0) is 49.1 Å². The average molecular weight is 281 g/mol. The lowest BCUT2D eigenvalue weighted by molar-refractivity contribution is 0.180. The van der Waals surface area contributed by atoms with Gasteiger partial charge < -0.3 is 5.73 Å². The van der Waals surface area contributed by atoms with Crippen molar-refractivity contribution in [1.29, 1.82) is 0 Å². The number of halogens is 2. The van der Waals surface area contributed by atoms with Crippen molar-refractivity contribution < 1.29 is 8.78 Å². The number of benzene rings is 1. The van der Waals surface area contributed by atoms with Gasteiger partial charge in [0.2, 0.25) is 0 Å². The third-order valence-corrected chi connectivity index (χ3v) is 4.69. The lowest BCUT2D eigenvalue weighted by Crippen LogP contribution is -2.42. The van der Waals surface area contributed by atoms with Gasteiger partial charge in [0.1, 0.15) is 11.6 Å². The minimum absolute atomic E-state index is 0.0584. The summed E-state index contributed by atoms with van der Waals surface area (Å²) in [4.78, 5) is 0. The topological polar surface area (TPSA) is 26.0 Å².